The van der Waals surface area contributed by atoms with E-state index >= 15 is 0 Å². The molecule has 1 saturated carbocycles. The average Bonchev–Trinajstić information content (AvgIpc) is 2.41. The summed E-state index contributed by atoms with van der Waals surface area (Å²) in [6, 6.07) is 6.47. The summed E-state index contributed by atoms with van der Waals surface area (Å²) in [5.74, 6) is 0.0888. The van der Waals surface area contributed by atoms with E-state index in [4.69, 9.17) is 5.73 Å². The lowest BCUT2D eigenvalue weighted by atomic mass is 9.90. The molecule has 1 aliphatic carbocycles. The highest BCUT2D eigenvalue weighted by molar-refractivity contribution is 14.1. The number of amides is 1. The molecule has 2 rings (SSSR count). The van der Waals surface area contributed by atoms with Crippen LogP contribution in [0.1, 0.15) is 36.0 Å². The molecule has 5 heteroatoms. The molecule has 1 aromatic carbocycles. The second-order valence-corrected chi connectivity index (χ2v) is 7.21. The van der Waals surface area contributed by atoms with Gasteiger partial charge in [-0.05, 0) is 82.4 Å². The molecule has 2 N–H and O–H groups in total. The predicted octanol–water partition coefficient (Wildman–Crippen LogP) is 3.40. The van der Waals surface area contributed by atoms with E-state index in [-0.39, 0.29) is 5.91 Å². The lowest BCUT2D eigenvalue weighted by Crippen LogP contribution is -2.42. The van der Waals surface area contributed by atoms with Crippen LogP contribution < -0.4 is 5.73 Å². The summed E-state index contributed by atoms with van der Waals surface area (Å²) in [5, 5.41) is 0. The zero-order valence-corrected chi connectivity index (χ0v) is 14.6. The molecule has 0 heterocycles. The molecule has 0 unspecified atom stereocenters. The van der Waals surface area contributed by atoms with Crippen molar-refractivity contribution < 1.29 is 4.79 Å². The van der Waals surface area contributed by atoms with Crippen molar-refractivity contribution >= 4 is 44.4 Å². The zero-order valence-electron chi connectivity index (χ0n) is 10.9. The highest BCUT2D eigenvalue weighted by Crippen LogP contribution is 2.25. The van der Waals surface area contributed by atoms with E-state index in [1.807, 2.05) is 30.1 Å². The van der Waals surface area contributed by atoms with Gasteiger partial charge in [0.15, 0.2) is 0 Å². The Labute approximate surface area is 136 Å². The van der Waals surface area contributed by atoms with Crippen LogP contribution in [-0.2, 0) is 0 Å². The first-order valence-corrected chi connectivity index (χ1v) is 8.34. The summed E-state index contributed by atoms with van der Waals surface area (Å²) >= 11 is 5.69. The maximum atomic E-state index is 12.6. The molecule has 0 aliphatic heterocycles. The van der Waals surface area contributed by atoms with Crippen LogP contribution in [0.3, 0.4) is 0 Å². The van der Waals surface area contributed by atoms with Crippen molar-refractivity contribution in [2.45, 2.75) is 37.8 Å². The van der Waals surface area contributed by atoms with E-state index in [2.05, 4.69) is 38.5 Å². The number of nitrogens with zero attached hydrogens (tertiary/aromatic N) is 1. The predicted molar refractivity (Wildman–Crippen MR) is 89.2 cm³/mol. The minimum Gasteiger partial charge on any atom is -0.339 e. The number of hydrogen-bond acceptors (Lipinski definition) is 2. The molecule has 3 nitrogen and oxygen atoms in total. The smallest absolute Gasteiger partial charge is 0.255 e. The summed E-state index contributed by atoms with van der Waals surface area (Å²) in [5.41, 5.74) is 6.66. The molecule has 1 amide bonds. The van der Waals surface area contributed by atoms with Gasteiger partial charge in [0.2, 0.25) is 0 Å². The molecular weight excluding hydrogens is 419 g/mol. The van der Waals surface area contributed by atoms with Crippen LogP contribution in [0.15, 0.2) is 22.7 Å². The van der Waals surface area contributed by atoms with Crippen molar-refractivity contribution in [2.24, 2.45) is 5.73 Å². The first kappa shape index (κ1) is 15.3. The van der Waals surface area contributed by atoms with Crippen LogP contribution in [0.2, 0.25) is 0 Å². The van der Waals surface area contributed by atoms with E-state index in [0.29, 0.717) is 12.1 Å². The van der Waals surface area contributed by atoms with Crippen molar-refractivity contribution in [3.63, 3.8) is 0 Å². The lowest BCUT2D eigenvalue weighted by molar-refractivity contribution is 0.0689. The largest absolute Gasteiger partial charge is 0.339 e. The maximum absolute atomic E-state index is 12.6. The van der Waals surface area contributed by atoms with E-state index in [9.17, 15) is 4.79 Å². The van der Waals surface area contributed by atoms with Crippen molar-refractivity contribution in [2.75, 3.05) is 7.05 Å². The summed E-state index contributed by atoms with van der Waals surface area (Å²) in [4.78, 5) is 14.4. The molecule has 0 radical (unpaired) electrons. The fourth-order valence-electron chi connectivity index (χ4n) is 2.51. The third-order valence-corrected chi connectivity index (χ3v) is 5.13. The molecule has 0 aromatic heterocycles. The highest BCUT2D eigenvalue weighted by Gasteiger charge is 2.26. The number of carbonyl (C=O) groups is 1. The number of rotatable bonds is 2. The van der Waals surface area contributed by atoms with E-state index in [0.717, 1.165) is 39.3 Å². The number of nitrogens with two attached hydrogens (primary N) is 1. The Kier molecular flexibility index (Phi) is 5.25. The van der Waals surface area contributed by atoms with E-state index in [1.165, 1.54) is 0 Å². The van der Waals surface area contributed by atoms with Crippen LogP contribution >= 0.6 is 38.5 Å². The van der Waals surface area contributed by atoms with Gasteiger partial charge in [-0.15, -0.1) is 0 Å². The number of halogens is 2. The van der Waals surface area contributed by atoms with E-state index in [1.54, 1.807) is 0 Å². The van der Waals surface area contributed by atoms with Crippen LogP contribution in [0, 0.1) is 3.57 Å². The molecular formula is C14H18BrIN2O. The molecule has 0 bridgehead atoms. The van der Waals surface area contributed by atoms with Crippen molar-refractivity contribution in [3.8, 4) is 0 Å². The Morgan fingerprint density at radius 2 is 2.00 bits per heavy atom. The molecule has 1 aliphatic rings. The van der Waals surface area contributed by atoms with Crippen molar-refractivity contribution in [1.29, 1.82) is 0 Å². The van der Waals surface area contributed by atoms with Gasteiger partial charge in [0, 0.05) is 27.2 Å². The molecule has 19 heavy (non-hydrogen) atoms. The third-order valence-electron chi connectivity index (χ3n) is 3.77. The average molecular weight is 437 g/mol. The van der Waals surface area contributed by atoms with E-state index < -0.39 is 0 Å². The summed E-state index contributed by atoms with van der Waals surface area (Å²) in [7, 11) is 1.90. The molecule has 1 aromatic rings. The Balaban J connectivity index is 2.12. The molecule has 0 spiro atoms. The van der Waals surface area contributed by atoms with Crippen LogP contribution in [0.5, 0.6) is 0 Å². The number of benzene rings is 1. The normalized spacial score (nSPS) is 23.2. The van der Waals surface area contributed by atoms with Crippen LogP contribution in [0.4, 0.5) is 0 Å². The Bertz CT molecular complexity index is 473. The van der Waals surface area contributed by atoms with Crippen molar-refractivity contribution in [3.05, 3.63) is 31.8 Å². The lowest BCUT2D eigenvalue weighted by Gasteiger charge is -2.33. The van der Waals surface area contributed by atoms with Gasteiger partial charge in [-0.25, -0.2) is 0 Å². The van der Waals surface area contributed by atoms with Gasteiger partial charge in [0.05, 0.1) is 5.56 Å². The number of carbonyl (C=O) groups excluding carboxylic acids is 1. The topological polar surface area (TPSA) is 46.3 Å². The monoisotopic (exact) mass is 436 g/mol. The Morgan fingerprint density at radius 3 is 2.63 bits per heavy atom. The Morgan fingerprint density at radius 1 is 1.37 bits per heavy atom. The second kappa shape index (κ2) is 6.54. The summed E-state index contributed by atoms with van der Waals surface area (Å²) < 4.78 is 1.93. The van der Waals surface area contributed by atoms with Gasteiger partial charge >= 0.3 is 0 Å². The fraction of sp³-hybridized carbons (Fsp3) is 0.500. The van der Waals surface area contributed by atoms with Crippen LogP contribution in [0.25, 0.3) is 0 Å². The van der Waals surface area contributed by atoms with Gasteiger partial charge in [-0.1, -0.05) is 0 Å². The van der Waals surface area contributed by atoms with Gasteiger partial charge in [-0.2, -0.15) is 0 Å². The first-order chi connectivity index (χ1) is 8.99. The highest BCUT2D eigenvalue weighted by atomic mass is 127. The van der Waals surface area contributed by atoms with Crippen molar-refractivity contribution in [1.82, 2.24) is 4.90 Å². The molecule has 104 valence electrons. The molecule has 0 atom stereocenters. The van der Waals surface area contributed by atoms with Gasteiger partial charge in [0.1, 0.15) is 0 Å². The SMILES string of the molecule is CN(C(=O)c1cc(I)ccc1Br)C1CCC(N)CC1. The van der Waals surface area contributed by atoms with Gasteiger partial charge < -0.3 is 10.6 Å². The number of hydrogen-bond donors (Lipinski definition) is 1. The maximum Gasteiger partial charge on any atom is 0.255 e. The third kappa shape index (κ3) is 3.70. The molecule has 1 fully saturated rings. The summed E-state index contributed by atoms with van der Waals surface area (Å²) in [6.45, 7) is 0. The quantitative estimate of drug-likeness (QED) is 0.722. The van der Waals surface area contributed by atoms with Crippen LogP contribution in [-0.4, -0.2) is 29.9 Å². The first-order valence-electron chi connectivity index (χ1n) is 6.47. The summed E-state index contributed by atoms with van der Waals surface area (Å²) in [6.07, 6.45) is 4.03. The van der Waals surface area contributed by atoms with Gasteiger partial charge in [-0.3, -0.25) is 4.79 Å². The minimum atomic E-state index is 0.0888. The molecule has 0 saturated heterocycles. The fourth-order valence-corrected chi connectivity index (χ4v) is 3.41. The zero-order chi connectivity index (χ0) is 14.0. The minimum absolute atomic E-state index is 0.0888. The standard InChI is InChI=1S/C14H18BrIN2O/c1-18(11-5-3-10(17)4-6-11)14(19)12-8-9(16)2-7-13(12)15/h2,7-8,10-11H,3-6,17H2,1H3. The Hall–Kier alpha value is -0.140. The van der Waals surface area contributed by atoms with Gasteiger partial charge in [0.25, 0.3) is 5.91 Å². The second-order valence-electron chi connectivity index (χ2n) is 5.11.